The monoisotopic (exact) mass is 220 g/mol. The first-order valence-corrected chi connectivity index (χ1v) is 5.46. The Morgan fingerprint density at radius 2 is 2.31 bits per heavy atom. The van der Waals surface area contributed by atoms with Gasteiger partial charge in [-0.1, -0.05) is 0 Å². The Kier molecular flexibility index (Phi) is 2.92. The fourth-order valence-electron chi connectivity index (χ4n) is 1.62. The number of aromatic nitrogens is 1. The van der Waals surface area contributed by atoms with E-state index in [0.717, 1.165) is 18.4 Å². The fourth-order valence-corrected chi connectivity index (χ4v) is 1.62. The van der Waals surface area contributed by atoms with E-state index >= 15 is 0 Å². The summed E-state index contributed by atoms with van der Waals surface area (Å²) in [6, 6.07) is 1.81. The van der Waals surface area contributed by atoms with Gasteiger partial charge in [-0.3, -0.25) is 9.78 Å². The number of rotatable bonds is 4. The number of amides is 1. The normalized spacial score (nSPS) is 16.9. The van der Waals surface area contributed by atoms with Crippen molar-refractivity contribution in [2.75, 3.05) is 13.2 Å². The summed E-state index contributed by atoms with van der Waals surface area (Å²) in [5, 5.41) is 12.0. The Bertz CT molecular complexity index is 400. The molecule has 1 saturated carbocycles. The summed E-state index contributed by atoms with van der Waals surface area (Å²) < 4.78 is 0. The molecule has 1 aliphatic carbocycles. The standard InChI is InChI=1S/C12H16N2O2/c1-9-4-10(6-13-5-9)11(16)14-7-12(8-15)2-3-12/h4-6,15H,2-3,7-8H2,1H3,(H,14,16). The lowest BCUT2D eigenvalue weighted by Gasteiger charge is -2.12. The molecular weight excluding hydrogens is 204 g/mol. The molecule has 4 nitrogen and oxygen atoms in total. The molecule has 0 atom stereocenters. The van der Waals surface area contributed by atoms with Crippen LogP contribution >= 0.6 is 0 Å². The number of nitrogens with zero attached hydrogens (tertiary/aromatic N) is 1. The zero-order valence-electron chi connectivity index (χ0n) is 9.36. The van der Waals surface area contributed by atoms with Crippen LogP contribution in [0.15, 0.2) is 18.5 Å². The number of aliphatic hydroxyl groups is 1. The van der Waals surface area contributed by atoms with Gasteiger partial charge < -0.3 is 10.4 Å². The fraction of sp³-hybridized carbons (Fsp3) is 0.500. The molecule has 86 valence electrons. The summed E-state index contributed by atoms with van der Waals surface area (Å²) in [5.41, 5.74) is 1.50. The minimum Gasteiger partial charge on any atom is -0.396 e. The minimum absolute atomic E-state index is 0.0487. The van der Waals surface area contributed by atoms with Crippen molar-refractivity contribution >= 4 is 5.91 Å². The molecule has 0 spiro atoms. The van der Waals surface area contributed by atoms with Gasteiger partial charge in [0.1, 0.15) is 0 Å². The third-order valence-corrected chi connectivity index (χ3v) is 3.05. The molecule has 1 aromatic heterocycles. The SMILES string of the molecule is Cc1cncc(C(=O)NCC2(CO)CC2)c1. The highest BCUT2D eigenvalue weighted by molar-refractivity contribution is 5.94. The second kappa shape index (κ2) is 4.22. The highest BCUT2D eigenvalue weighted by Crippen LogP contribution is 2.44. The van der Waals surface area contributed by atoms with Crippen LogP contribution in [0.25, 0.3) is 0 Å². The lowest BCUT2D eigenvalue weighted by Crippen LogP contribution is -2.31. The van der Waals surface area contributed by atoms with Gasteiger partial charge in [0.2, 0.25) is 0 Å². The first-order chi connectivity index (χ1) is 7.65. The van der Waals surface area contributed by atoms with E-state index in [-0.39, 0.29) is 17.9 Å². The molecule has 1 amide bonds. The zero-order valence-corrected chi connectivity index (χ0v) is 9.36. The molecule has 1 aromatic rings. The summed E-state index contributed by atoms with van der Waals surface area (Å²) in [5.74, 6) is -0.115. The van der Waals surface area contributed by atoms with E-state index in [9.17, 15) is 4.79 Å². The van der Waals surface area contributed by atoms with Crippen molar-refractivity contribution in [3.63, 3.8) is 0 Å². The van der Waals surface area contributed by atoms with Crippen LogP contribution in [0.3, 0.4) is 0 Å². The summed E-state index contributed by atoms with van der Waals surface area (Å²) in [7, 11) is 0. The van der Waals surface area contributed by atoms with Crippen LogP contribution < -0.4 is 5.32 Å². The van der Waals surface area contributed by atoms with Gasteiger partial charge in [-0.2, -0.15) is 0 Å². The summed E-state index contributed by atoms with van der Waals surface area (Å²) in [6.45, 7) is 2.61. The second-order valence-electron chi connectivity index (χ2n) is 4.59. The van der Waals surface area contributed by atoms with E-state index in [1.165, 1.54) is 0 Å². The van der Waals surface area contributed by atoms with Gasteiger partial charge in [0.05, 0.1) is 12.2 Å². The number of carbonyl (C=O) groups excluding carboxylic acids is 1. The van der Waals surface area contributed by atoms with Gasteiger partial charge in [-0.25, -0.2) is 0 Å². The van der Waals surface area contributed by atoms with Gasteiger partial charge in [0, 0.05) is 24.4 Å². The third kappa shape index (κ3) is 2.39. The molecule has 1 aliphatic rings. The predicted molar refractivity (Wildman–Crippen MR) is 60.1 cm³/mol. The largest absolute Gasteiger partial charge is 0.396 e. The Morgan fingerprint density at radius 1 is 1.56 bits per heavy atom. The van der Waals surface area contributed by atoms with Gasteiger partial charge in [-0.05, 0) is 31.4 Å². The van der Waals surface area contributed by atoms with E-state index in [0.29, 0.717) is 12.1 Å². The quantitative estimate of drug-likeness (QED) is 0.792. The van der Waals surface area contributed by atoms with E-state index in [4.69, 9.17) is 5.11 Å². The molecule has 0 saturated heterocycles. The Balaban J connectivity index is 1.93. The second-order valence-corrected chi connectivity index (χ2v) is 4.59. The van der Waals surface area contributed by atoms with Crippen LogP contribution in [-0.2, 0) is 0 Å². The van der Waals surface area contributed by atoms with E-state index in [1.807, 2.05) is 6.92 Å². The molecule has 2 N–H and O–H groups in total. The van der Waals surface area contributed by atoms with Crippen LogP contribution in [-0.4, -0.2) is 29.1 Å². The van der Waals surface area contributed by atoms with Crippen LogP contribution in [0, 0.1) is 12.3 Å². The van der Waals surface area contributed by atoms with E-state index in [2.05, 4.69) is 10.3 Å². The van der Waals surface area contributed by atoms with Crippen molar-refractivity contribution in [2.24, 2.45) is 5.41 Å². The van der Waals surface area contributed by atoms with E-state index in [1.54, 1.807) is 18.5 Å². The zero-order chi connectivity index (χ0) is 11.6. The number of aliphatic hydroxyl groups excluding tert-OH is 1. The molecule has 2 rings (SSSR count). The number of hydrogen-bond donors (Lipinski definition) is 2. The van der Waals surface area contributed by atoms with Crippen molar-refractivity contribution in [3.05, 3.63) is 29.6 Å². The maximum Gasteiger partial charge on any atom is 0.252 e. The molecule has 1 heterocycles. The molecule has 16 heavy (non-hydrogen) atoms. The van der Waals surface area contributed by atoms with Crippen molar-refractivity contribution in [1.82, 2.24) is 10.3 Å². The first-order valence-electron chi connectivity index (χ1n) is 5.46. The smallest absolute Gasteiger partial charge is 0.252 e. The molecule has 0 bridgehead atoms. The molecule has 0 aliphatic heterocycles. The molecule has 4 heteroatoms. The highest BCUT2D eigenvalue weighted by atomic mass is 16.3. The predicted octanol–water partition coefficient (Wildman–Crippen LogP) is 0.892. The van der Waals surface area contributed by atoms with Crippen molar-refractivity contribution in [3.8, 4) is 0 Å². The maximum absolute atomic E-state index is 11.8. The van der Waals surface area contributed by atoms with Gasteiger partial charge in [0.25, 0.3) is 5.91 Å². The van der Waals surface area contributed by atoms with Crippen LogP contribution in [0.1, 0.15) is 28.8 Å². The summed E-state index contributed by atoms with van der Waals surface area (Å²) >= 11 is 0. The lowest BCUT2D eigenvalue weighted by molar-refractivity contribution is 0.0935. The Morgan fingerprint density at radius 3 is 2.88 bits per heavy atom. The number of pyridine rings is 1. The van der Waals surface area contributed by atoms with Crippen LogP contribution in [0.4, 0.5) is 0 Å². The van der Waals surface area contributed by atoms with Crippen LogP contribution in [0.2, 0.25) is 0 Å². The summed E-state index contributed by atoms with van der Waals surface area (Å²) in [4.78, 5) is 15.7. The Hall–Kier alpha value is -1.42. The third-order valence-electron chi connectivity index (χ3n) is 3.05. The number of hydrogen-bond acceptors (Lipinski definition) is 3. The highest BCUT2D eigenvalue weighted by Gasteiger charge is 2.42. The summed E-state index contributed by atoms with van der Waals surface area (Å²) in [6.07, 6.45) is 5.26. The van der Waals surface area contributed by atoms with Crippen molar-refractivity contribution in [2.45, 2.75) is 19.8 Å². The molecule has 1 fully saturated rings. The topological polar surface area (TPSA) is 62.2 Å². The molecule has 0 unspecified atom stereocenters. The van der Waals surface area contributed by atoms with Crippen molar-refractivity contribution in [1.29, 1.82) is 0 Å². The van der Waals surface area contributed by atoms with E-state index < -0.39 is 0 Å². The average molecular weight is 220 g/mol. The molecule has 0 radical (unpaired) electrons. The number of aryl methyl sites for hydroxylation is 1. The Labute approximate surface area is 94.7 Å². The van der Waals surface area contributed by atoms with Gasteiger partial charge in [-0.15, -0.1) is 0 Å². The number of nitrogens with one attached hydrogen (secondary N) is 1. The molecular formula is C12H16N2O2. The first kappa shape index (κ1) is 11.1. The van der Waals surface area contributed by atoms with Gasteiger partial charge >= 0.3 is 0 Å². The average Bonchev–Trinajstić information content (AvgIpc) is 3.07. The maximum atomic E-state index is 11.8. The minimum atomic E-state index is -0.115. The lowest BCUT2D eigenvalue weighted by atomic mass is 10.1. The molecule has 0 aromatic carbocycles. The van der Waals surface area contributed by atoms with Crippen LogP contribution in [0.5, 0.6) is 0 Å². The van der Waals surface area contributed by atoms with Gasteiger partial charge in [0.15, 0.2) is 0 Å². The number of carbonyl (C=O) groups is 1. The van der Waals surface area contributed by atoms with Crippen molar-refractivity contribution < 1.29 is 9.90 Å².